The molecule has 0 aliphatic heterocycles. The van der Waals surface area contributed by atoms with Gasteiger partial charge in [-0.1, -0.05) is 24.3 Å². The topological polar surface area (TPSA) is 24.9 Å². The number of hydrogen-bond acceptors (Lipinski definition) is 3. The van der Waals surface area contributed by atoms with Crippen LogP contribution >= 0.6 is 11.3 Å². The van der Waals surface area contributed by atoms with Crippen molar-refractivity contribution in [3.63, 3.8) is 0 Å². The van der Waals surface area contributed by atoms with E-state index in [1.54, 1.807) is 23.5 Å². The van der Waals surface area contributed by atoms with E-state index in [1.165, 1.54) is 12.1 Å². The third-order valence-electron chi connectivity index (χ3n) is 2.60. The molecule has 1 aromatic carbocycles. The van der Waals surface area contributed by atoms with Gasteiger partial charge in [0.2, 0.25) is 0 Å². The smallest absolute Gasteiger partial charge is 0.263 e. The van der Waals surface area contributed by atoms with E-state index in [4.69, 9.17) is 0 Å². The lowest BCUT2D eigenvalue weighted by molar-refractivity contribution is 0.151. The van der Waals surface area contributed by atoms with Crippen LogP contribution in [0.15, 0.2) is 35.2 Å². The van der Waals surface area contributed by atoms with E-state index in [0.717, 1.165) is 24.2 Å². The summed E-state index contributed by atoms with van der Waals surface area (Å²) >= 11 is 1.59. The van der Waals surface area contributed by atoms with Crippen LogP contribution in [0.1, 0.15) is 23.2 Å². The summed E-state index contributed by atoms with van der Waals surface area (Å²) in [4.78, 5) is 4.19. The molecule has 0 unspecified atom stereocenters. The van der Waals surface area contributed by atoms with Crippen LogP contribution in [-0.4, -0.2) is 11.5 Å². The lowest BCUT2D eigenvalue weighted by Crippen LogP contribution is -2.16. The molecule has 1 heterocycles. The predicted molar refractivity (Wildman–Crippen MR) is 68.9 cm³/mol. The normalized spacial score (nSPS) is 11.1. The molecular weight excluding hydrogens is 254 g/mol. The van der Waals surface area contributed by atoms with Crippen LogP contribution in [0.3, 0.4) is 0 Å². The SMILES string of the molecule is FC(F)c1ccc(CNCCc2cscn2)cc1. The number of nitrogens with zero attached hydrogens (tertiary/aromatic N) is 1. The molecule has 0 aliphatic rings. The van der Waals surface area contributed by atoms with Gasteiger partial charge >= 0.3 is 0 Å². The highest BCUT2D eigenvalue weighted by atomic mass is 32.1. The average molecular weight is 268 g/mol. The van der Waals surface area contributed by atoms with E-state index in [9.17, 15) is 8.78 Å². The van der Waals surface area contributed by atoms with Gasteiger partial charge in [0.15, 0.2) is 0 Å². The fourth-order valence-corrected chi connectivity index (χ4v) is 2.18. The summed E-state index contributed by atoms with van der Waals surface area (Å²) in [6.45, 7) is 1.52. The van der Waals surface area contributed by atoms with Crippen molar-refractivity contribution in [1.29, 1.82) is 0 Å². The average Bonchev–Trinajstić information content (AvgIpc) is 2.88. The highest BCUT2D eigenvalue weighted by molar-refractivity contribution is 7.07. The minimum atomic E-state index is -2.39. The van der Waals surface area contributed by atoms with Crippen molar-refractivity contribution < 1.29 is 8.78 Å². The Morgan fingerprint density at radius 2 is 2.00 bits per heavy atom. The lowest BCUT2D eigenvalue weighted by atomic mass is 10.1. The zero-order valence-electron chi connectivity index (χ0n) is 9.77. The van der Waals surface area contributed by atoms with Gasteiger partial charge in [-0.15, -0.1) is 11.3 Å². The van der Waals surface area contributed by atoms with Gasteiger partial charge in [0.25, 0.3) is 6.43 Å². The summed E-state index contributed by atoms with van der Waals surface area (Å²) in [5.74, 6) is 0. The van der Waals surface area contributed by atoms with Gasteiger partial charge in [0, 0.05) is 30.5 Å². The number of thiazole rings is 1. The molecule has 0 bridgehead atoms. The van der Waals surface area contributed by atoms with Crippen LogP contribution in [-0.2, 0) is 13.0 Å². The summed E-state index contributed by atoms with van der Waals surface area (Å²) in [5.41, 5.74) is 3.98. The molecule has 0 saturated carbocycles. The molecule has 0 fully saturated rings. The van der Waals surface area contributed by atoms with Crippen LogP contribution in [0.5, 0.6) is 0 Å². The van der Waals surface area contributed by atoms with Crippen molar-refractivity contribution in [2.24, 2.45) is 0 Å². The first-order valence-electron chi connectivity index (χ1n) is 5.70. The minimum Gasteiger partial charge on any atom is -0.312 e. The number of nitrogens with one attached hydrogen (secondary N) is 1. The molecule has 0 aliphatic carbocycles. The summed E-state index contributed by atoms with van der Waals surface area (Å²) in [7, 11) is 0. The maximum Gasteiger partial charge on any atom is 0.263 e. The van der Waals surface area contributed by atoms with Crippen LogP contribution < -0.4 is 5.32 Å². The fourth-order valence-electron chi connectivity index (χ4n) is 1.59. The second-order valence-corrected chi connectivity index (χ2v) is 4.67. The van der Waals surface area contributed by atoms with Crippen LogP contribution in [0.2, 0.25) is 0 Å². The fraction of sp³-hybridized carbons (Fsp3) is 0.308. The van der Waals surface area contributed by atoms with E-state index >= 15 is 0 Å². The van der Waals surface area contributed by atoms with E-state index < -0.39 is 6.43 Å². The molecule has 0 spiro atoms. The van der Waals surface area contributed by atoms with Gasteiger partial charge in [-0.3, -0.25) is 0 Å². The zero-order valence-corrected chi connectivity index (χ0v) is 10.6. The Bertz CT molecular complexity index is 454. The monoisotopic (exact) mass is 268 g/mol. The van der Waals surface area contributed by atoms with E-state index in [1.807, 2.05) is 10.9 Å². The summed E-state index contributed by atoms with van der Waals surface area (Å²) in [6, 6.07) is 6.42. The standard InChI is InChI=1S/C13H14F2N2S/c14-13(15)11-3-1-10(2-4-11)7-16-6-5-12-8-18-9-17-12/h1-4,8-9,13,16H,5-7H2. The van der Waals surface area contributed by atoms with Gasteiger partial charge in [0.1, 0.15) is 0 Å². The molecule has 1 N–H and O–H groups in total. The Morgan fingerprint density at radius 1 is 1.22 bits per heavy atom. The van der Waals surface area contributed by atoms with Gasteiger partial charge < -0.3 is 5.32 Å². The quantitative estimate of drug-likeness (QED) is 0.812. The zero-order chi connectivity index (χ0) is 12.8. The number of hydrogen-bond donors (Lipinski definition) is 1. The second-order valence-electron chi connectivity index (χ2n) is 3.95. The Kier molecular flexibility index (Phi) is 4.78. The molecule has 0 atom stereocenters. The van der Waals surface area contributed by atoms with Crippen molar-refractivity contribution in [3.05, 3.63) is 52.0 Å². The molecular formula is C13H14F2N2S. The van der Waals surface area contributed by atoms with Crippen LogP contribution in [0, 0.1) is 0 Å². The highest BCUT2D eigenvalue weighted by Crippen LogP contribution is 2.18. The molecule has 2 nitrogen and oxygen atoms in total. The molecule has 0 saturated heterocycles. The first kappa shape index (κ1) is 13.1. The van der Waals surface area contributed by atoms with Gasteiger partial charge in [-0.2, -0.15) is 0 Å². The lowest BCUT2D eigenvalue weighted by Gasteiger charge is -2.05. The maximum atomic E-state index is 12.3. The van der Waals surface area contributed by atoms with Crippen LogP contribution in [0.25, 0.3) is 0 Å². The summed E-state index contributed by atoms with van der Waals surface area (Å²) in [5, 5.41) is 5.29. The highest BCUT2D eigenvalue weighted by Gasteiger charge is 2.05. The van der Waals surface area contributed by atoms with Crippen molar-refractivity contribution in [3.8, 4) is 0 Å². The predicted octanol–water partition coefficient (Wildman–Crippen LogP) is 3.41. The molecule has 1 aromatic heterocycles. The van der Waals surface area contributed by atoms with Gasteiger partial charge in [-0.05, 0) is 5.56 Å². The molecule has 0 radical (unpaired) electrons. The molecule has 2 rings (SSSR count). The second kappa shape index (κ2) is 6.56. The first-order valence-corrected chi connectivity index (χ1v) is 6.65. The van der Waals surface area contributed by atoms with Crippen molar-refractivity contribution in [2.45, 2.75) is 19.4 Å². The molecule has 96 valence electrons. The summed E-state index contributed by atoms with van der Waals surface area (Å²) < 4.78 is 24.7. The van der Waals surface area contributed by atoms with Gasteiger partial charge in [0.05, 0.1) is 11.2 Å². The molecule has 0 amide bonds. The minimum absolute atomic E-state index is 0.0706. The number of rotatable bonds is 6. The van der Waals surface area contributed by atoms with Crippen LogP contribution in [0.4, 0.5) is 8.78 Å². The number of alkyl halides is 2. The van der Waals surface area contributed by atoms with E-state index in [0.29, 0.717) is 6.54 Å². The Labute approximate surface area is 109 Å². The van der Waals surface area contributed by atoms with Gasteiger partial charge in [-0.25, -0.2) is 13.8 Å². The van der Waals surface area contributed by atoms with Crippen molar-refractivity contribution in [1.82, 2.24) is 10.3 Å². The number of aromatic nitrogens is 1. The third-order valence-corrected chi connectivity index (χ3v) is 3.24. The summed E-state index contributed by atoms with van der Waals surface area (Å²) in [6.07, 6.45) is -1.50. The largest absolute Gasteiger partial charge is 0.312 e. The Morgan fingerprint density at radius 3 is 2.61 bits per heavy atom. The molecule has 18 heavy (non-hydrogen) atoms. The van der Waals surface area contributed by atoms with E-state index in [2.05, 4.69) is 10.3 Å². The number of halogens is 2. The third kappa shape index (κ3) is 3.85. The Hall–Kier alpha value is -1.33. The molecule has 5 heteroatoms. The number of benzene rings is 1. The first-order chi connectivity index (χ1) is 8.75. The molecule has 2 aromatic rings. The van der Waals surface area contributed by atoms with E-state index in [-0.39, 0.29) is 5.56 Å². The maximum absolute atomic E-state index is 12.3. The van der Waals surface area contributed by atoms with Crippen molar-refractivity contribution in [2.75, 3.05) is 6.54 Å². The Balaban J connectivity index is 1.73. The van der Waals surface area contributed by atoms with Crippen molar-refractivity contribution >= 4 is 11.3 Å².